The third kappa shape index (κ3) is 3.52. The highest BCUT2D eigenvalue weighted by Gasteiger charge is 2.20. The average molecular weight is 315 g/mol. The number of aromatic nitrogens is 1. The molecular formula is C13H9F4N3S. The van der Waals surface area contributed by atoms with Crippen molar-refractivity contribution < 1.29 is 17.6 Å². The molecule has 0 unspecified atom stereocenters. The number of hydrogen-bond donors (Lipinski definition) is 1. The Bertz CT molecular complexity index is 648. The Morgan fingerprint density at radius 1 is 1.05 bits per heavy atom. The highest BCUT2D eigenvalue weighted by molar-refractivity contribution is 7.98. The molecule has 1 aromatic carbocycles. The molecule has 0 aliphatic carbocycles. The quantitative estimate of drug-likeness (QED) is 0.306. The lowest BCUT2D eigenvalue weighted by Gasteiger charge is -2.04. The fourth-order valence-electron chi connectivity index (χ4n) is 1.45. The first-order chi connectivity index (χ1) is 10.0. The van der Waals surface area contributed by atoms with Gasteiger partial charge in [-0.3, -0.25) is 5.43 Å². The summed E-state index contributed by atoms with van der Waals surface area (Å²) in [7, 11) is 0. The second-order valence-corrected chi connectivity index (χ2v) is 4.72. The van der Waals surface area contributed by atoms with Crippen molar-refractivity contribution in [3.8, 4) is 0 Å². The summed E-state index contributed by atoms with van der Waals surface area (Å²) < 4.78 is 52.3. The number of halogens is 4. The number of hydrogen-bond acceptors (Lipinski definition) is 4. The smallest absolute Gasteiger partial charge is 0.254 e. The molecule has 110 valence electrons. The number of rotatable bonds is 4. The largest absolute Gasteiger partial charge is 0.272 e. The SMILES string of the molecule is CSc1ccc(/C=N/Nc2c(F)c(F)nc(F)c2F)cc1. The lowest BCUT2D eigenvalue weighted by atomic mass is 10.2. The number of pyridine rings is 1. The van der Waals surface area contributed by atoms with Gasteiger partial charge in [-0.05, 0) is 24.0 Å². The Morgan fingerprint density at radius 3 is 2.14 bits per heavy atom. The number of benzene rings is 1. The summed E-state index contributed by atoms with van der Waals surface area (Å²) in [5.74, 6) is -6.75. The van der Waals surface area contributed by atoms with Gasteiger partial charge in [-0.2, -0.15) is 27.6 Å². The molecule has 0 saturated carbocycles. The van der Waals surface area contributed by atoms with Gasteiger partial charge in [0.15, 0.2) is 0 Å². The molecule has 0 atom stereocenters. The van der Waals surface area contributed by atoms with Gasteiger partial charge in [0.05, 0.1) is 6.21 Å². The zero-order valence-electron chi connectivity index (χ0n) is 10.7. The minimum Gasteiger partial charge on any atom is -0.272 e. The van der Waals surface area contributed by atoms with Crippen molar-refractivity contribution in [1.29, 1.82) is 0 Å². The van der Waals surface area contributed by atoms with Crippen molar-refractivity contribution in [2.75, 3.05) is 11.7 Å². The Morgan fingerprint density at radius 2 is 1.62 bits per heavy atom. The van der Waals surface area contributed by atoms with Crippen LogP contribution in [0.3, 0.4) is 0 Å². The molecule has 0 radical (unpaired) electrons. The molecule has 0 saturated heterocycles. The number of nitrogens with zero attached hydrogens (tertiary/aromatic N) is 2. The lowest BCUT2D eigenvalue weighted by Crippen LogP contribution is -2.05. The van der Waals surface area contributed by atoms with E-state index in [1.807, 2.05) is 23.8 Å². The van der Waals surface area contributed by atoms with Gasteiger partial charge in [0.1, 0.15) is 5.69 Å². The predicted octanol–water partition coefficient (Wildman–Crippen LogP) is 3.81. The highest BCUT2D eigenvalue weighted by Crippen LogP contribution is 2.21. The van der Waals surface area contributed by atoms with Crippen LogP contribution in [-0.2, 0) is 0 Å². The van der Waals surface area contributed by atoms with E-state index in [1.165, 1.54) is 6.21 Å². The number of nitrogens with one attached hydrogen (secondary N) is 1. The first kappa shape index (κ1) is 15.3. The third-order valence-electron chi connectivity index (χ3n) is 2.50. The molecule has 0 fully saturated rings. The number of anilines is 1. The first-order valence-corrected chi connectivity index (χ1v) is 6.88. The molecular weight excluding hydrogens is 306 g/mol. The maximum Gasteiger partial charge on any atom is 0.254 e. The molecule has 1 N–H and O–H groups in total. The van der Waals surface area contributed by atoms with E-state index in [4.69, 9.17) is 0 Å². The average Bonchev–Trinajstić information content (AvgIpc) is 2.49. The molecule has 2 aromatic rings. The van der Waals surface area contributed by atoms with E-state index in [0.29, 0.717) is 5.56 Å². The Balaban J connectivity index is 2.17. The zero-order valence-corrected chi connectivity index (χ0v) is 11.5. The molecule has 3 nitrogen and oxygen atoms in total. The third-order valence-corrected chi connectivity index (χ3v) is 3.25. The Kier molecular flexibility index (Phi) is 4.79. The van der Waals surface area contributed by atoms with Crippen molar-refractivity contribution in [2.45, 2.75) is 4.90 Å². The van der Waals surface area contributed by atoms with Crippen LogP contribution in [0.2, 0.25) is 0 Å². The van der Waals surface area contributed by atoms with Crippen LogP contribution in [0.15, 0.2) is 34.3 Å². The topological polar surface area (TPSA) is 37.3 Å². The van der Waals surface area contributed by atoms with E-state index in [9.17, 15) is 17.6 Å². The molecule has 0 amide bonds. The van der Waals surface area contributed by atoms with Gasteiger partial charge in [-0.15, -0.1) is 11.8 Å². The van der Waals surface area contributed by atoms with E-state index in [2.05, 4.69) is 10.1 Å². The normalized spacial score (nSPS) is 11.1. The van der Waals surface area contributed by atoms with E-state index in [-0.39, 0.29) is 0 Å². The van der Waals surface area contributed by atoms with Gasteiger partial charge < -0.3 is 0 Å². The first-order valence-electron chi connectivity index (χ1n) is 5.66. The summed E-state index contributed by atoms with van der Waals surface area (Å²) in [6.45, 7) is 0. The molecule has 0 bridgehead atoms. The summed E-state index contributed by atoms with van der Waals surface area (Å²) in [5, 5.41) is 3.55. The van der Waals surface area contributed by atoms with E-state index >= 15 is 0 Å². The maximum atomic E-state index is 13.3. The van der Waals surface area contributed by atoms with Crippen molar-refractivity contribution >= 4 is 23.7 Å². The Hall–Kier alpha value is -2.09. The van der Waals surface area contributed by atoms with Crippen LogP contribution < -0.4 is 5.43 Å². The van der Waals surface area contributed by atoms with Gasteiger partial charge in [0.25, 0.3) is 11.9 Å². The molecule has 2 rings (SSSR count). The monoisotopic (exact) mass is 315 g/mol. The van der Waals surface area contributed by atoms with Gasteiger partial charge >= 0.3 is 0 Å². The van der Waals surface area contributed by atoms with Crippen LogP contribution in [0.5, 0.6) is 0 Å². The Labute approximate surface area is 122 Å². The highest BCUT2D eigenvalue weighted by atomic mass is 32.2. The predicted molar refractivity (Wildman–Crippen MR) is 73.5 cm³/mol. The fraction of sp³-hybridized carbons (Fsp3) is 0.0769. The van der Waals surface area contributed by atoms with Crippen LogP contribution >= 0.6 is 11.8 Å². The van der Waals surface area contributed by atoms with Crippen LogP contribution in [0.4, 0.5) is 23.2 Å². The van der Waals surface area contributed by atoms with Gasteiger partial charge in [0, 0.05) is 4.90 Å². The van der Waals surface area contributed by atoms with Crippen molar-refractivity contribution in [3.63, 3.8) is 0 Å². The maximum absolute atomic E-state index is 13.3. The molecule has 0 aliphatic rings. The molecule has 1 aromatic heterocycles. The van der Waals surface area contributed by atoms with Crippen LogP contribution in [0.1, 0.15) is 5.56 Å². The number of thioether (sulfide) groups is 1. The fourth-order valence-corrected chi connectivity index (χ4v) is 1.85. The summed E-state index contributed by atoms with van der Waals surface area (Å²) >= 11 is 1.56. The standard InChI is InChI=1S/C13H9F4N3S/c1-21-8-4-2-7(3-5-8)6-18-20-11-9(14)12(16)19-13(17)10(11)15/h2-6H,1H3,(H,19,20)/b18-6+. The van der Waals surface area contributed by atoms with E-state index in [1.54, 1.807) is 23.9 Å². The van der Waals surface area contributed by atoms with E-state index in [0.717, 1.165) is 4.90 Å². The summed E-state index contributed by atoms with van der Waals surface area (Å²) in [6, 6.07) is 7.13. The van der Waals surface area contributed by atoms with Crippen LogP contribution in [0, 0.1) is 23.5 Å². The second kappa shape index (κ2) is 6.57. The summed E-state index contributed by atoms with van der Waals surface area (Å²) in [6.07, 6.45) is 3.18. The summed E-state index contributed by atoms with van der Waals surface area (Å²) in [4.78, 5) is 3.48. The lowest BCUT2D eigenvalue weighted by molar-refractivity contribution is 0.411. The van der Waals surface area contributed by atoms with Crippen molar-refractivity contribution in [2.24, 2.45) is 5.10 Å². The molecule has 1 heterocycles. The van der Waals surface area contributed by atoms with E-state index < -0.39 is 29.2 Å². The zero-order chi connectivity index (χ0) is 15.4. The van der Waals surface area contributed by atoms with Gasteiger partial charge in [-0.1, -0.05) is 12.1 Å². The minimum atomic E-state index is -1.74. The van der Waals surface area contributed by atoms with Gasteiger partial charge in [0.2, 0.25) is 11.6 Å². The van der Waals surface area contributed by atoms with Crippen molar-refractivity contribution in [1.82, 2.24) is 4.98 Å². The summed E-state index contributed by atoms with van der Waals surface area (Å²) in [5.41, 5.74) is 1.55. The minimum absolute atomic E-state index is 0.649. The number of hydrazone groups is 1. The molecule has 21 heavy (non-hydrogen) atoms. The molecule has 0 aliphatic heterocycles. The molecule has 8 heteroatoms. The van der Waals surface area contributed by atoms with Crippen molar-refractivity contribution in [3.05, 3.63) is 53.4 Å². The van der Waals surface area contributed by atoms with Crippen LogP contribution in [-0.4, -0.2) is 17.5 Å². The van der Waals surface area contributed by atoms with Gasteiger partial charge in [-0.25, -0.2) is 0 Å². The molecule has 0 spiro atoms. The van der Waals surface area contributed by atoms with Crippen LogP contribution in [0.25, 0.3) is 0 Å². The second-order valence-electron chi connectivity index (χ2n) is 3.84.